The van der Waals surface area contributed by atoms with Crippen LogP contribution in [-0.4, -0.2) is 16.4 Å². The molecule has 1 aromatic carbocycles. The first-order valence-corrected chi connectivity index (χ1v) is 7.42. The van der Waals surface area contributed by atoms with Gasteiger partial charge < -0.3 is 5.32 Å². The fourth-order valence-corrected chi connectivity index (χ4v) is 3.03. The van der Waals surface area contributed by atoms with Gasteiger partial charge in [0.25, 0.3) is 0 Å². The van der Waals surface area contributed by atoms with Crippen molar-refractivity contribution in [1.82, 2.24) is 15.5 Å². The Morgan fingerprint density at radius 1 is 1.12 bits per heavy atom. The molecular weight excluding hydrogens is 350 g/mol. The summed E-state index contributed by atoms with van der Waals surface area (Å²) >= 11 is 0. The van der Waals surface area contributed by atoms with E-state index < -0.39 is 29.2 Å². The van der Waals surface area contributed by atoms with E-state index in [4.69, 9.17) is 0 Å². The van der Waals surface area contributed by atoms with E-state index in [9.17, 15) is 28.1 Å². The number of aromatic amines is 1. The normalized spacial score (nSPS) is 17.9. The molecule has 0 saturated carbocycles. The van der Waals surface area contributed by atoms with Crippen LogP contribution in [-0.2, 0) is 0 Å². The molecule has 2 aromatic rings. The lowest BCUT2D eigenvalue weighted by Crippen LogP contribution is -2.33. The third kappa shape index (κ3) is 2.58. The third-order valence-electron chi connectivity index (χ3n) is 4.26. The molecule has 1 unspecified atom stereocenters. The number of hydrogen-bond acceptors (Lipinski definition) is 4. The van der Waals surface area contributed by atoms with Crippen LogP contribution in [0.5, 0.6) is 0 Å². The molecule has 26 heavy (non-hydrogen) atoms. The maximum Gasteiger partial charge on any atom is 0.432 e. The summed E-state index contributed by atoms with van der Waals surface area (Å²) in [7, 11) is 0. The summed E-state index contributed by atoms with van der Waals surface area (Å²) in [5.41, 5.74) is -1.55. The second-order valence-electron chi connectivity index (χ2n) is 5.85. The van der Waals surface area contributed by atoms with E-state index >= 15 is 0 Å². The van der Waals surface area contributed by atoms with Gasteiger partial charge in [0.05, 0.1) is 34.7 Å². The Hall–Kier alpha value is -3.33. The number of halogens is 4. The number of allylic oxidation sites excluding steroid dienone is 4. The molecule has 0 saturated heterocycles. The van der Waals surface area contributed by atoms with Crippen molar-refractivity contribution in [2.45, 2.75) is 25.9 Å². The summed E-state index contributed by atoms with van der Waals surface area (Å²) in [4.78, 5) is 0. The van der Waals surface area contributed by atoms with Crippen molar-refractivity contribution < 1.29 is 17.6 Å². The maximum absolute atomic E-state index is 14.7. The number of H-pyrrole nitrogens is 1. The molecule has 0 fully saturated rings. The van der Waals surface area contributed by atoms with Crippen molar-refractivity contribution >= 4 is 10.9 Å². The quantitative estimate of drug-likeness (QED) is 0.756. The molecule has 3 rings (SSSR count). The van der Waals surface area contributed by atoms with Crippen molar-refractivity contribution in [3.63, 3.8) is 0 Å². The standard InChI is InChI=1S/C17H11F4N5/c1-7-11(5-22)15(12(6-23)16(24-7)17(19,20)21)10-3-9-8(2)25-26-14(9)4-13(10)18/h3-4,15,24H,1-2H3,(H,25,26). The number of nitriles is 2. The lowest BCUT2D eigenvalue weighted by Gasteiger charge is -2.28. The number of aromatic nitrogens is 2. The highest BCUT2D eigenvalue weighted by Crippen LogP contribution is 2.43. The molecule has 132 valence electrons. The monoisotopic (exact) mass is 361 g/mol. The number of fused-ring (bicyclic) bond motifs is 1. The summed E-state index contributed by atoms with van der Waals surface area (Å²) in [5, 5.41) is 27.9. The van der Waals surface area contributed by atoms with E-state index in [1.165, 1.54) is 19.1 Å². The van der Waals surface area contributed by atoms with E-state index in [-0.39, 0.29) is 16.8 Å². The van der Waals surface area contributed by atoms with Gasteiger partial charge in [-0.3, -0.25) is 5.10 Å². The van der Waals surface area contributed by atoms with Crippen LogP contribution in [0.3, 0.4) is 0 Å². The Morgan fingerprint density at radius 2 is 1.77 bits per heavy atom. The molecule has 0 amide bonds. The number of hydrogen-bond donors (Lipinski definition) is 2. The highest BCUT2D eigenvalue weighted by atomic mass is 19.4. The summed E-state index contributed by atoms with van der Waals surface area (Å²) in [6.07, 6.45) is -4.85. The Labute approximate surface area is 145 Å². The summed E-state index contributed by atoms with van der Waals surface area (Å²) < 4.78 is 54.7. The maximum atomic E-state index is 14.7. The first kappa shape index (κ1) is 17.5. The van der Waals surface area contributed by atoms with Crippen LogP contribution in [0.1, 0.15) is 24.1 Å². The molecule has 1 aromatic heterocycles. The zero-order valence-corrected chi connectivity index (χ0v) is 13.6. The minimum atomic E-state index is -4.85. The largest absolute Gasteiger partial charge is 0.432 e. The van der Waals surface area contributed by atoms with Crippen LogP contribution < -0.4 is 5.32 Å². The smallest absolute Gasteiger partial charge is 0.353 e. The summed E-state index contributed by atoms with van der Waals surface area (Å²) in [6.45, 7) is 2.96. The second-order valence-corrected chi connectivity index (χ2v) is 5.85. The van der Waals surface area contributed by atoms with Gasteiger partial charge >= 0.3 is 6.18 Å². The molecule has 5 nitrogen and oxygen atoms in total. The molecule has 0 aliphatic carbocycles. The van der Waals surface area contributed by atoms with E-state index in [0.717, 1.165) is 6.07 Å². The highest BCUT2D eigenvalue weighted by molar-refractivity contribution is 5.82. The van der Waals surface area contributed by atoms with Crippen molar-refractivity contribution in [3.05, 3.63) is 51.7 Å². The molecule has 0 bridgehead atoms. The minimum Gasteiger partial charge on any atom is -0.353 e. The van der Waals surface area contributed by atoms with Crippen LogP contribution >= 0.6 is 0 Å². The molecule has 1 aliphatic rings. The third-order valence-corrected chi connectivity index (χ3v) is 4.26. The van der Waals surface area contributed by atoms with E-state index in [2.05, 4.69) is 15.5 Å². The fourth-order valence-electron chi connectivity index (χ4n) is 3.03. The first-order chi connectivity index (χ1) is 12.2. The SMILES string of the molecule is CC1=C(C#N)C(c2cc3c(C)[nH]nc3cc2F)C(C#N)=C(C(F)(F)F)N1. The van der Waals surface area contributed by atoms with Crippen LogP contribution in [0.25, 0.3) is 10.9 Å². The Bertz CT molecular complexity index is 1060. The van der Waals surface area contributed by atoms with Gasteiger partial charge in [-0.2, -0.15) is 28.8 Å². The predicted octanol–water partition coefficient (Wildman–Crippen LogP) is 3.83. The average molecular weight is 361 g/mol. The number of nitrogens with one attached hydrogen (secondary N) is 2. The Balaban J connectivity index is 2.35. The molecule has 1 aliphatic heterocycles. The lowest BCUT2D eigenvalue weighted by molar-refractivity contribution is -0.0969. The van der Waals surface area contributed by atoms with Gasteiger partial charge in [-0.25, -0.2) is 4.39 Å². The fraction of sp³-hybridized carbons (Fsp3) is 0.235. The van der Waals surface area contributed by atoms with E-state index in [0.29, 0.717) is 16.6 Å². The van der Waals surface area contributed by atoms with Crippen molar-refractivity contribution in [1.29, 1.82) is 10.5 Å². The molecule has 9 heteroatoms. The van der Waals surface area contributed by atoms with E-state index in [1.807, 2.05) is 0 Å². The van der Waals surface area contributed by atoms with Crippen molar-refractivity contribution in [3.8, 4) is 12.1 Å². The number of rotatable bonds is 1. The van der Waals surface area contributed by atoms with Gasteiger partial charge in [-0.15, -0.1) is 0 Å². The number of nitrogens with zero attached hydrogens (tertiary/aromatic N) is 3. The molecule has 0 radical (unpaired) electrons. The zero-order chi connectivity index (χ0) is 19.2. The van der Waals surface area contributed by atoms with Gasteiger partial charge in [0.15, 0.2) is 0 Å². The van der Waals surface area contributed by atoms with Crippen LogP contribution in [0.2, 0.25) is 0 Å². The number of dihydropyridines is 1. The molecule has 2 heterocycles. The minimum absolute atomic E-state index is 0.0766. The zero-order valence-electron chi connectivity index (χ0n) is 13.6. The summed E-state index contributed by atoms with van der Waals surface area (Å²) in [6, 6.07) is 5.70. The summed E-state index contributed by atoms with van der Waals surface area (Å²) in [5.74, 6) is -2.30. The van der Waals surface area contributed by atoms with Crippen molar-refractivity contribution in [2.24, 2.45) is 0 Å². The number of alkyl halides is 3. The first-order valence-electron chi connectivity index (χ1n) is 7.42. The van der Waals surface area contributed by atoms with Gasteiger partial charge in [0.2, 0.25) is 0 Å². The van der Waals surface area contributed by atoms with Crippen LogP contribution in [0.4, 0.5) is 17.6 Å². The molecule has 0 spiro atoms. The molecule has 1 atom stereocenters. The van der Waals surface area contributed by atoms with Crippen LogP contribution in [0.15, 0.2) is 34.7 Å². The topological polar surface area (TPSA) is 88.3 Å². The van der Waals surface area contributed by atoms with Gasteiger partial charge in [0.1, 0.15) is 11.5 Å². The lowest BCUT2D eigenvalue weighted by atomic mass is 9.80. The Kier molecular flexibility index (Phi) is 3.96. The van der Waals surface area contributed by atoms with Gasteiger partial charge in [-0.1, -0.05) is 0 Å². The number of aryl methyl sites for hydroxylation is 1. The van der Waals surface area contributed by atoms with Crippen molar-refractivity contribution in [2.75, 3.05) is 0 Å². The Morgan fingerprint density at radius 3 is 2.35 bits per heavy atom. The van der Waals surface area contributed by atoms with Gasteiger partial charge in [-0.05, 0) is 19.9 Å². The molecular formula is C17H11F4N5. The van der Waals surface area contributed by atoms with Gasteiger partial charge in [0, 0.05) is 28.4 Å². The van der Waals surface area contributed by atoms with E-state index in [1.54, 1.807) is 13.0 Å². The average Bonchev–Trinajstić information content (AvgIpc) is 2.92. The highest BCUT2D eigenvalue weighted by Gasteiger charge is 2.43. The number of benzene rings is 1. The predicted molar refractivity (Wildman–Crippen MR) is 83.7 cm³/mol. The molecule has 2 N–H and O–H groups in total. The van der Waals surface area contributed by atoms with Crippen LogP contribution in [0, 0.1) is 35.4 Å². The second kappa shape index (κ2) is 5.88.